The second-order valence-corrected chi connectivity index (χ2v) is 32.4. The lowest BCUT2D eigenvalue weighted by Crippen LogP contribution is -2.30. The first-order valence-electron chi connectivity index (χ1n) is 42.8. The Kier molecular flexibility index (Phi) is 74.8. The van der Waals surface area contributed by atoms with Gasteiger partial charge in [-0.2, -0.15) is 0 Å². The van der Waals surface area contributed by atoms with Crippen molar-refractivity contribution in [1.82, 2.24) is 0 Å². The van der Waals surface area contributed by atoms with E-state index in [2.05, 4.69) is 27.7 Å². The molecule has 600 valence electrons. The van der Waals surface area contributed by atoms with Crippen molar-refractivity contribution in [1.29, 1.82) is 0 Å². The highest BCUT2D eigenvalue weighted by molar-refractivity contribution is 7.47. The van der Waals surface area contributed by atoms with Crippen LogP contribution >= 0.6 is 15.6 Å². The maximum Gasteiger partial charge on any atom is 0.472 e. The molecule has 0 aliphatic heterocycles. The first kappa shape index (κ1) is 99.1. The lowest BCUT2D eigenvalue weighted by molar-refractivity contribution is -0.161. The molecule has 0 saturated heterocycles. The molecular weight excluding hydrogens is 1320 g/mol. The van der Waals surface area contributed by atoms with Crippen LogP contribution in [-0.2, 0) is 65.4 Å². The van der Waals surface area contributed by atoms with E-state index in [9.17, 15) is 43.2 Å². The van der Waals surface area contributed by atoms with Gasteiger partial charge in [0.15, 0.2) is 12.2 Å². The second-order valence-electron chi connectivity index (χ2n) is 29.5. The lowest BCUT2D eigenvalue weighted by atomic mass is 10.0. The fraction of sp³-hybridized carbons (Fsp3) is 0.951. The number of esters is 4. The van der Waals surface area contributed by atoms with Crippen LogP contribution in [-0.4, -0.2) is 96.7 Å². The Balaban J connectivity index is 5.23. The SMILES string of the molecule is CCCCCCCCCCCCCCCCCCCC(=O)OC[C@H](COP(=O)(O)OC[C@@H](O)COP(=O)(O)OC[C@@H](COC(=O)CCCCCCCCCCCC)OC(=O)CCCCCCCCCCCCCCCCCCC)OC(=O)CCCCCCCCCCCCCCCCCCC. The van der Waals surface area contributed by atoms with Crippen LogP contribution in [0.1, 0.15) is 445 Å². The fourth-order valence-electron chi connectivity index (χ4n) is 12.8. The number of carbonyl (C=O) groups excluding carboxylic acids is 4. The van der Waals surface area contributed by atoms with E-state index < -0.39 is 97.5 Å². The highest BCUT2D eigenvalue weighted by atomic mass is 31.2. The Morgan fingerprint density at radius 2 is 0.396 bits per heavy atom. The van der Waals surface area contributed by atoms with Gasteiger partial charge in [0.1, 0.15) is 19.3 Å². The number of phosphoric acid groups is 2. The van der Waals surface area contributed by atoms with Crippen LogP contribution < -0.4 is 0 Å². The molecule has 0 bridgehead atoms. The van der Waals surface area contributed by atoms with E-state index in [1.54, 1.807) is 0 Å². The van der Waals surface area contributed by atoms with E-state index in [0.29, 0.717) is 25.7 Å². The molecule has 3 N–H and O–H groups in total. The van der Waals surface area contributed by atoms with Crippen LogP contribution in [0, 0.1) is 0 Å². The summed E-state index contributed by atoms with van der Waals surface area (Å²) in [7, 11) is -9.92. The Morgan fingerprint density at radius 1 is 0.238 bits per heavy atom. The zero-order valence-electron chi connectivity index (χ0n) is 65.9. The van der Waals surface area contributed by atoms with Gasteiger partial charge < -0.3 is 33.8 Å². The molecule has 0 rings (SSSR count). The third-order valence-corrected chi connectivity index (χ3v) is 21.3. The average Bonchev–Trinajstić information content (AvgIpc) is 1.06. The van der Waals surface area contributed by atoms with Crippen molar-refractivity contribution < 1.29 is 80.2 Å². The Hall–Kier alpha value is -1.94. The molecule has 0 aliphatic rings. The van der Waals surface area contributed by atoms with Gasteiger partial charge in [0.05, 0.1) is 26.4 Å². The smallest absolute Gasteiger partial charge is 0.462 e. The quantitative estimate of drug-likeness (QED) is 0.0222. The van der Waals surface area contributed by atoms with Crippen LogP contribution in [0.4, 0.5) is 0 Å². The number of unbranched alkanes of at least 4 members (excludes halogenated alkanes) is 57. The van der Waals surface area contributed by atoms with E-state index in [1.807, 2.05) is 0 Å². The molecule has 101 heavy (non-hydrogen) atoms. The van der Waals surface area contributed by atoms with Gasteiger partial charge in [-0.25, -0.2) is 9.13 Å². The number of hydrogen-bond donors (Lipinski definition) is 3. The van der Waals surface area contributed by atoms with Gasteiger partial charge in [-0.3, -0.25) is 37.3 Å². The van der Waals surface area contributed by atoms with Crippen molar-refractivity contribution in [2.24, 2.45) is 0 Å². The first-order valence-corrected chi connectivity index (χ1v) is 45.8. The predicted octanol–water partition coefficient (Wildman–Crippen LogP) is 25.0. The molecule has 0 aromatic heterocycles. The van der Waals surface area contributed by atoms with Crippen LogP contribution in [0.2, 0.25) is 0 Å². The summed E-state index contributed by atoms with van der Waals surface area (Å²) >= 11 is 0. The van der Waals surface area contributed by atoms with Crippen molar-refractivity contribution in [2.45, 2.75) is 463 Å². The summed E-state index contributed by atoms with van der Waals surface area (Å²) in [6, 6.07) is 0. The molecular formula is C82H160O17P2. The van der Waals surface area contributed by atoms with Crippen molar-refractivity contribution in [3.05, 3.63) is 0 Å². The summed E-state index contributed by atoms with van der Waals surface area (Å²) < 4.78 is 68.8. The second kappa shape index (κ2) is 76.3. The number of carbonyl (C=O) groups is 4. The molecule has 0 radical (unpaired) electrons. The predicted molar refractivity (Wildman–Crippen MR) is 414 cm³/mol. The Bertz CT molecular complexity index is 1910. The summed E-state index contributed by atoms with van der Waals surface area (Å²) in [5.74, 6) is -2.10. The van der Waals surface area contributed by atoms with Crippen LogP contribution in [0.3, 0.4) is 0 Å². The lowest BCUT2D eigenvalue weighted by Gasteiger charge is -2.21. The third kappa shape index (κ3) is 76.1. The molecule has 0 aliphatic carbocycles. The van der Waals surface area contributed by atoms with E-state index in [4.69, 9.17) is 37.0 Å². The molecule has 0 heterocycles. The zero-order chi connectivity index (χ0) is 73.9. The topological polar surface area (TPSA) is 237 Å². The maximum atomic E-state index is 13.1. The number of rotatable bonds is 83. The van der Waals surface area contributed by atoms with Gasteiger partial charge >= 0.3 is 39.5 Å². The monoisotopic (exact) mass is 1480 g/mol. The first-order chi connectivity index (χ1) is 49.2. The normalized spacial score (nSPS) is 13.8. The van der Waals surface area contributed by atoms with Crippen LogP contribution in [0.15, 0.2) is 0 Å². The van der Waals surface area contributed by atoms with E-state index in [0.717, 1.165) is 89.9 Å². The van der Waals surface area contributed by atoms with Gasteiger partial charge in [-0.15, -0.1) is 0 Å². The van der Waals surface area contributed by atoms with E-state index in [-0.39, 0.29) is 25.7 Å². The fourth-order valence-corrected chi connectivity index (χ4v) is 14.4. The summed E-state index contributed by atoms with van der Waals surface area (Å²) in [6.07, 6.45) is 69.3. The number of ether oxygens (including phenoxy) is 4. The van der Waals surface area contributed by atoms with Gasteiger partial charge in [0.25, 0.3) is 0 Å². The van der Waals surface area contributed by atoms with Crippen molar-refractivity contribution in [3.8, 4) is 0 Å². The van der Waals surface area contributed by atoms with E-state index in [1.165, 1.54) is 276 Å². The minimum atomic E-state index is -4.96. The van der Waals surface area contributed by atoms with Crippen LogP contribution in [0.25, 0.3) is 0 Å². The Labute approximate surface area is 619 Å². The summed E-state index contributed by atoms with van der Waals surface area (Å²) in [6.45, 7) is 5.04. The van der Waals surface area contributed by atoms with Gasteiger partial charge in [-0.1, -0.05) is 394 Å². The molecule has 0 aromatic rings. The largest absolute Gasteiger partial charge is 0.472 e. The molecule has 0 amide bonds. The van der Waals surface area contributed by atoms with Gasteiger partial charge in [-0.05, 0) is 25.7 Å². The number of aliphatic hydroxyl groups is 1. The number of aliphatic hydroxyl groups excluding tert-OH is 1. The maximum absolute atomic E-state index is 13.1. The van der Waals surface area contributed by atoms with Crippen LogP contribution in [0.5, 0.6) is 0 Å². The highest BCUT2D eigenvalue weighted by Crippen LogP contribution is 2.45. The molecule has 2 unspecified atom stereocenters. The molecule has 0 saturated carbocycles. The molecule has 19 heteroatoms. The molecule has 0 aromatic carbocycles. The minimum Gasteiger partial charge on any atom is -0.462 e. The van der Waals surface area contributed by atoms with Crippen molar-refractivity contribution in [2.75, 3.05) is 39.6 Å². The zero-order valence-corrected chi connectivity index (χ0v) is 67.7. The highest BCUT2D eigenvalue weighted by Gasteiger charge is 2.30. The van der Waals surface area contributed by atoms with E-state index >= 15 is 0 Å². The standard InChI is InChI=1S/C82H160O17P2/c1-5-9-13-17-21-25-29-32-35-38-41-44-47-51-55-59-63-67-80(85)93-73-78(99-82(87)69-65-61-57-53-49-46-43-40-37-34-31-27-23-19-15-11-7-3)75-97-101(90,91)95-71-76(83)70-94-100(88,89)96-74-77(72-92-79(84)66-62-58-54-50-28-24-20-16-12-8-4)98-81(86)68-64-60-56-52-48-45-42-39-36-33-30-26-22-18-14-10-6-2/h76-78,83H,5-75H2,1-4H3,(H,88,89)(H,90,91)/t76-,77+,78+/m0/s1. The van der Waals surface area contributed by atoms with Crippen molar-refractivity contribution >= 4 is 39.5 Å². The minimum absolute atomic E-state index is 0.109. The van der Waals surface area contributed by atoms with Gasteiger partial charge in [0, 0.05) is 25.7 Å². The molecule has 0 spiro atoms. The summed E-state index contributed by atoms with van der Waals surface area (Å²) in [4.78, 5) is 73.1. The third-order valence-electron chi connectivity index (χ3n) is 19.4. The molecule has 0 fully saturated rings. The number of phosphoric ester groups is 2. The summed E-state index contributed by atoms with van der Waals surface area (Å²) in [5.41, 5.74) is 0. The van der Waals surface area contributed by atoms with Gasteiger partial charge in [0.2, 0.25) is 0 Å². The Morgan fingerprint density at radius 3 is 0.584 bits per heavy atom. The van der Waals surface area contributed by atoms with Crippen molar-refractivity contribution in [3.63, 3.8) is 0 Å². The molecule has 17 nitrogen and oxygen atoms in total. The molecule has 5 atom stereocenters. The average molecular weight is 1480 g/mol. The summed E-state index contributed by atoms with van der Waals surface area (Å²) in [5, 5.41) is 10.7. The number of hydrogen-bond acceptors (Lipinski definition) is 15.